The van der Waals surface area contributed by atoms with Gasteiger partial charge in [0.05, 0.1) is 25.4 Å². The van der Waals surface area contributed by atoms with Gasteiger partial charge in [-0.25, -0.2) is 0 Å². The third-order valence-corrected chi connectivity index (χ3v) is 2.88. The van der Waals surface area contributed by atoms with Gasteiger partial charge in [0.25, 0.3) is 0 Å². The molecule has 1 heterocycles. The normalized spacial score (nSPS) is 27.3. The molecule has 0 saturated carbocycles. The SMILES string of the molecule is CC(C)OCCO[C@H]1COC2=CC(N)=CCC2N1. The van der Waals surface area contributed by atoms with Gasteiger partial charge in [-0.2, -0.15) is 0 Å². The smallest absolute Gasteiger partial charge is 0.143 e. The van der Waals surface area contributed by atoms with Gasteiger partial charge in [0.2, 0.25) is 0 Å². The maximum absolute atomic E-state index is 5.73. The molecule has 1 saturated heterocycles. The molecule has 0 spiro atoms. The third kappa shape index (κ3) is 3.73. The van der Waals surface area contributed by atoms with E-state index in [1.54, 1.807) is 0 Å². The van der Waals surface area contributed by atoms with Crippen LogP contribution in [0.4, 0.5) is 0 Å². The van der Waals surface area contributed by atoms with E-state index in [1.807, 2.05) is 26.0 Å². The Bertz CT molecular complexity index is 339. The van der Waals surface area contributed by atoms with Gasteiger partial charge in [-0.1, -0.05) is 6.08 Å². The van der Waals surface area contributed by atoms with E-state index in [0.717, 1.165) is 17.9 Å². The van der Waals surface area contributed by atoms with Gasteiger partial charge in [-0.3, -0.25) is 5.32 Å². The highest BCUT2D eigenvalue weighted by molar-refractivity contribution is 5.27. The molecule has 0 amide bonds. The number of morpholine rings is 1. The van der Waals surface area contributed by atoms with Crippen LogP contribution in [0.1, 0.15) is 20.3 Å². The van der Waals surface area contributed by atoms with Gasteiger partial charge in [-0.15, -0.1) is 0 Å². The molecule has 5 nitrogen and oxygen atoms in total. The van der Waals surface area contributed by atoms with Crippen LogP contribution in [0.15, 0.2) is 23.6 Å². The monoisotopic (exact) mass is 254 g/mol. The van der Waals surface area contributed by atoms with Gasteiger partial charge in [0.15, 0.2) is 0 Å². The molecule has 0 radical (unpaired) electrons. The molecular weight excluding hydrogens is 232 g/mol. The topological polar surface area (TPSA) is 65.7 Å². The molecule has 2 aliphatic rings. The van der Waals surface area contributed by atoms with Crippen molar-refractivity contribution in [2.45, 2.75) is 38.6 Å². The van der Waals surface area contributed by atoms with Crippen molar-refractivity contribution in [1.82, 2.24) is 5.32 Å². The van der Waals surface area contributed by atoms with Gasteiger partial charge >= 0.3 is 0 Å². The number of rotatable bonds is 5. The second-order valence-corrected chi connectivity index (χ2v) is 4.80. The standard InChI is InChI=1S/C13H22N2O3/c1-9(2)16-5-6-17-13-8-18-12-7-10(14)3-4-11(12)15-13/h3,7,9,11,13,15H,4-6,8,14H2,1-2H3/t11?,13-/m0/s1. The Morgan fingerprint density at radius 1 is 1.50 bits per heavy atom. The summed E-state index contributed by atoms with van der Waals surface area (Å²) in [5.41, 5.74) is 6.50. The number of nitrogens with two attached hydrogens (primary N) is 1. The molecule has 2 rings (SSSR count). The predicted molar refractivity (Wildman–Crippen MR) is 68.7 cm³/mol. The lowest BCUT2D eigenvalue weighted by molar-refractivity contribution is -0.0733. The minimum absolute atomic E-state index is 0.0735. The van der Waals surface area contributed by atoms with Crippen molar-refractivity contribution in [2.24, 2.45) is 5.73 Å². The number of hydrogen-bond acceptors (Lipinski definition) is 5. The van der Waals surface area contributed by atoms with Gasteiger partial charge in [0.1, 0.15) is 18.6 Å². The lowest BCUT2D eigenvalue weighted by Crippen LogP contribution is -2.49. The van der Waals surface area contributed by atoms with E-state index in [4.69, 9.17) is 19.9 Å². The van der Waals surface area contributed by atoms with Crippen molar-refractivity contribution in [3.63, 3.8) is 0 Å². The van der Waals surface area contributed by atoms with E-state index >= 15 is 0 Å². The van der Waals surface area contributed by atoms with E-state index in [1.165, 1.54) is 0 Å². The molecule has 102 valence electrons. The van der Waals surface area contributed by atoms with Crippen LogP contribution in [0.5, 0.6) is 0 Å². The van der Waals surface area contributed by atoms with Crippen molar-refractivity contribution in [3.8, 4) is 0 Å². The first kappa shape index (κ1) is 13.4. The van der Waals surface area contributed by atoms with Crippen LogP contribution in [0.2, 0.25) is 0 Å². The summed E-state index contributed by atoms with van der Waals surface area (Å²) in [6.07, 6.45) is 4.88. The number of allylic oxidation sites excluding steroid dienone is 1. The van der Waals surface area contributed by atoms with Crippen molar-refractivity contribution in [3.05, 3.63) is 23.6 Å². The van der Waals surface area contributed by atoms with Crippen LogP contribution in [0.3, 0.4) is 0 Å². The zero-order valence-electron chi connectivity index (χ0n) is 11.0. The summed E-state index contributed by atoms with van der Waals surface area (Å²) in [4.78, 5) is 0. The van der Waals surface area contributed by atoms with Crippen molar-refractivity contribution >= 4 is 0 Å². The first-order valence-electron chi connectivity index (χ1n) is 6.44. The molecule has 0 bridgehead atoms. The lowest BCUT2D eigenvalue weighted by atomic mass is 10.0. The Hall–Kier alpha value is -1.04. The maximum atomic E-state index is 5.73. The summed E-state index contributed by atoms with van der Waals surface area (Å²) in [5, 5.41) is 3.39. The molecule has 1 aliphatic carbocycles. The lowest BCUT2D eigenvalue weighted by Gasteiger charge is -2.34. The summed E-state index contributed by atoms with van der Waals surface area (Å²) in [7, 11) is 0. The van der Waals surface area contributed by atoms with Crippen LogP contribution in [-0.4, -0.2) is 38.2 Å². The minimum atomic E-state index is -0.0735. The van der Waals surface area contributed by atoms with Crippen LogP contribution >= 0.6 is 0 Å². The predicted octanol–water partition coefficient (Wildman–Crippen LogP) is 0.873. The molecule has 18 heavy (non-hydrogen) atoms. The summed E-state index contributed by atoms with van der Waals surface area (Å²) >= 11 is 0. The second-order valence-electron chi connectivity index (χ2n) is 4.80. The van der Waals surface area contributed by atoms with E-state index in [9.17, 15) is 0 Å². The Morgan fingerprint density at radius 3 is 3.11 bits per heavy atom. The molecule has 0 aromatic carbocycles. The molecule has 0 aromatic rings. The molecule has 1 unspecified atom stereocenters. The van der Waals surface area contributed by atoms with Gasteiger partial charge < -0.3 is 19.9 Å². The van der Waals surface area contributed by atoms with E-state index < -0.39 is 0 Å². The summed E-state index contributed by atoms with van der Waals surface area (Å²) in [6, 6.07) is 0.182. The van der Waals surface area contributed by atoms with Crippen molar-refractivity contribution in [1.29, 1.82) is 0 Å². The average Bonchev–Trinajstić information content (AvgIpc) is 2.34. The van der Waals surface area contributed by atoms with Crippen LogP contribution in [-0.2, 0) is 14.2 Å². The molecule has 2 atom stereocenters. The highest BCUT2D eigenvalue weighted by Crippen LogP contribution is 2.21. The Balaban J connectivity index is 1.71. The summed E-state index contributed by atoms with van der Waals surface area (Å²) in [6.45, 7) is 5.71. The quantitative estimate of drug-likeness (QED) is 0.713. The van der Waals surface area contributed by atoms with Crippen LogP contribution < -0.4 is 11.1 Å². The highest BCUT2D eigenvalue weighted by atomic mass is 16.6. The van der Waals surface area contributed by atoms with Gasteiger partial charge in [0, 0.05) is 11.8 Å². The number of fused-ring (bicyclic) bond motifs is 1. The molecule has 3 N–H and O–H groups in total. The number of nitrogens with one attached hydrogen (secondary N) is 1. The van der Waals surface area contributed by atoms with Gasteiger partial charge in [-0.05, 0) is 20.3 Å². The fraction of sp³-hybridized carbons (Fsp3) is 0.692. The highest BCUT2D eigenvalue weighted by Gasteiger charge is 2.28. The Kier molecular flexibility index (Phi) is 4.63. The maximum Gasteiger partial charge on any atom is 0.143 e. The largest absolute Gasteiger partial charge is 0.492 e. The zero-order valence-corrected chi connectivity index (χ0v) is 11.0. The fourth-order valence-electron chi connectivity index (χ4n) is 2.00. The summed E-state index contributed by atoms with van der Waals surface area (Å²) < 4.78 is 16.7. The molecule has 1 aliphatic heterocycles. The summed E-state index contributed by atoms with van der Waals surface area (Å²) in [5.74, 6) is 0.910. The second kappa shape index (κ2) is 6.22. The first-order chi connectivity index (χ1) is 8.65. The molecular formula is C13H22N2O3. The van der Waals surface area contributed by atoms with Crippen molar-refractivity contribution in [2.75, 3.05) is 19.8 Å². The van der Waals surface area contributed by atoms with Crippen LogP contribution in [0.25, 0.3) is 0 Å². The van der Waals surface area contributed by atoms with E-state index in [-0.39, 0.29) is 18.4 Å². The van der Waals surface area contributed by atoms with E-state index in [2.05, 4.69) is 5.32 Å². The fourth-order valence-corrected chi connectivity index (χ4v) is 2.00. The van der Waals surface area contributed by atoms with Crippen LogP contribution in [0, 0.1) is 0 Å². The number of hydrogen-bond donors (Lipinski definition) is 2. The molecule has 0 aromatic heterocycles. The molecule has 1 fully saturated rings. The third-order valence-electron chi connectivity index (χ3n) is 2.88. The van der Waals surface area contributed by atoms with Crippen molar-refractivity contribution < 1.29 is 14.2 Å². The average molecular weight is 254 g/mol. The number of ether oxygens (including phenoxy) is 3. The first-order valence-corrected chi connectivity index (χ1v) is 6.44. The molecule has 5 heteroatoms. The van der Waals surface area contributed by atoms with E-state index in [0.29, 0.717) is 19.8 Å². The minimum Gasteiger partial charge on any atom is -0.492 e. The zero-order chi connectivity index (χ0) is 13.0. The Morgan fingerprint density at radius 2 is 2.33 bits per heavy atom. The Labute approximate surface area is 108 Å².